The van der Waals surface area contributed by atoms with E-state index in [1.165, 1.54) is 157 Å². The van der Waals surface area contributed by atoms with Crippen LogP contribution in [0, 0.1) is 17.8 Å². The van der Waals surface area contributed by atoms with Crippen LogP contribution >= 0.6 is 0 Å². The van der Waals surface area contributed by atoms with E-state index in [1.54, 1.807) is 48.5 Å². The van der Waals surface area contributed by atoms with Crippen molar-refractivity contribution in [2.24, 2.45) is 29.2 Å². The molecule has 0 saturated carbocycles. The number of aldehydes is 1. The van der Waals surface area contributed by atoms with Gasteiger partial charge in [-0.15, -0.1) is 0 Å². The number of hydrogen-bond donors (Lipinski definition) is 19. The lowest BCUT2D eigenvalue weighted by molar-refractivity contribution is -0.146. The zero-order valence-corrected chi connectivity index (χ0v) is 76.7. The summed E-state index contributed by atoms with van der Waals surface area (Å²) in [5.41, 5.74) is -6.80. The minimum atomic E-state index is -1.91. The summed E-state index contributed by atoms with van der Waals surface area (Å²) in [5, 5.41) is 43.6. The quantitative estimate of drug-likeness (QED) is 0.0275. The number of amides is 20. The minimum absolute atomic E-state index is 0.0244. The molecule has 41 heteroatoms. The molecule has 20 amide bonds. The molecular formula is C81H140N20O21. The molecule has 1 fully saturated rings. The van der Waals surface area contributed by atoms with Crippen molar-refractivity contribution in [2.75, 3.05) is 6.54 Å². The fourth-order valence-electron chi connectivity index (χ4n) is 11.9. The van der Waals surface area contributed by atoms with E-state index in [0.717, 1.165) is 0 Å². The second kappa shape index (κ2) is 43.7. The van der Waals surface area contributed by atoms with Gasteiger partial charge in [0.15, 0.2) is 0 Å². The van der Waals surface area contributed by atoms with E-state index in [2.05, 4.69) is 90.4 Å². The maximum atomic E-state index is 14.5. The highest BCUT2D eigenvalue weighted by molar-refractivity contribution is 6.05. The van der Waals surface area contributed by atoms with Gasteiger partial charge in [-0.05, 0) is 208 Å². The van der Waals surface area contributed by atoms with Gasteiger partial charge in [-0.25, -0.2) is 0 Å². The Bertz CT molecular complexity index is 3940. The molecule has 0 bridgehead atoms. The van der Waals surface area contributed by atoms with E-state index < -0.39 is 235 Å². The summed E-state index contributed by atoms with van der Waals surface area (Å²) in [4.78, 5) is 285. The van der Waals surface area contributed by atoms with Gasteiger partial charge in [0.1, 0.15) is 104 Å². The van der Waals surface area contributed by atoms with Crippen LogP contribution in [-0.2, 0) is 101 Å². The normalized spacial score (nSPS) is 15.8. The molecule has 0 aromatic carbocycles. The summed E-state index contributed by atoms with van der Waals surface area (Å²) in [6, 6.07) is -10.2. The van der Waals surface area contributed by atoms with Crippen LogP contribution in [0.4, 0.5) is 0 Å². The van der Waals surface area contributed by atoms with Gasteiger partial charge in [0.05, 0.1) is 6.04 Å². The van der Waals surface area contributed by atoms with Crippen molar-refractivity contribution in [3.8, 4) is 0 Å². The summed E-state index contributed by atoms with van der Waals surface area (Å²) in [5.74, 6) is -17.3. The first-order valence-electron chi connectivity index (χ1n) is 40.9. The Balaban J connectivity index is 3.21. The lowest BCUT2D eigenvalue weighted by Gasteiger charge is -2.37. The van der Waals surface area contributed by atoms with Crippen LogP contribution < -0.4 is 102 Å². The topological polar surface area (TPSA) is 618 Å². The highest BCUT2D eigenvalue weighted by atomic mass is 16.2. The molecule has 21 N–H and O–H groups in total. The molecule has 9 unspecified atom stereocenters. The summed E-state index contributed by atoms with van der Waals surface area (Å²) in [7, 11) is 0. The lowest BCUT2D eigenvalue weighted by atomic mass is 9.93. The third kappa shape index (κ3) is 33.1. The van der Waals surface area contributed by atoms with Gasteiger partial charge in [0.2, 0.25) is 118 Å². The lowest BCUT2D eigenvalue weighted by Crippen LogP contribution is -2.68. The number of nitrogens with zero attached hydrogens (tertiary/aromatic N) is 1. The molecule has 0 radical (unpaired) electrons. The van der Waals surface area contributed by atoms with Crippen molar-refractivity contribution in [3.63, 3.8) is 0 Å². The van der Waals surface area contributed by atoms with Crippen molar-refractivity contribution in [3.05, 3.63) is 0 Å². The number of nitrogens with two attached hydrogens (primary N) is 2. The van der Waals surface area contributed by atoms with Gasteiger partial charge < -0.3 is 112 Å². The van der Waals surface area contributed by atoms with E-state index in [9.17, 15) is 101 Å². The Hall–Kier alpha value is -10.9. The fourth-order valence-corrected chi connectivity index (χ4v) is 11.9. The number of rotatable bonds is 47. The molecule has 1 saturated heterocycles. The molecule has 0 aromatic rings. The molecule has 1 aliphatic rings. The number of nitrogens with one attached hydrogen (secondary N) is 17. The Labute approximate surface area is 715 Å². The number of likely N-dealkylation sites (tertiary alicyclic amines) is 1. The van der Waals surface area contributed by atoms with Gasteiger partial charge in [0.25, 0.3) is 0 Å². The zero-order valence-electron chi connectivity index (χ0n) is 76.7. The first kappa shape index (κ1) is 109. The predicted molar refractivity (Wildman–Crippen MR) is 449 cm³/mol. The summed E-state index contributed by atoms with van der Waals surface area (Å²) in [6.45, 7) is 41.2. The Kier molecular flexibility index (Phi) is 39.1. The van der Waals surface area contributed by atoms with Crippen LogP contribution in [0.1, 0.15) is 259 Å². The molecule has 1 rings (SSSR count). The third-order valence-electron chi connectivity index (χ3n) is 20.4. The standard InChI is InChI=1S/C81H140N20O21/c1-30-81(29,70(121)89-47(33-35-53(82)104)57(108)87-51(40-102)43(6)7)100-69(120)78(23,24)96-59(110)49(38-41(2)3)86-61(112)52-32-31-37-101(52)71(122)80(27,28)99-67(118)76(19,20)93-56(107)45(9)85-63(114)75(17,18)97-68(119)79(25,26)98-66(117)77(21,22)94-58(109)48(34-36-54(83)105)88-64(115)74(15,16)95-60(111)50(39-42(4)5)90-65(116)73(13,14)92-55(106)44(8)84-62(113)72(11,12)91-46(10)103/h40-45,47-52H,30-39H2,1-29H3,(H2,82,104)(H2,83,105)(H,84,113)(H,85,114)(H,86,112)(H,87,108)(H,88,115)(H,89,121)(H,90,116)(H,91,103)(H,92,106)(H,93,107)(H,94,109)(H,95,111)(H,96,110)(H,97,119)(H,98,117)(H,99,118)(H,100,120). The largest absolute Gasteiger partial charge is 0.370 e. The summed E-state index contributed by atoms with van der Waals surface area (Å²) in [6.07, 6.45) is -0.355. The molecular weight excluding hydrogens is 1590 g/mol. The number of hydrogen-bond acceptors (Lipinski definition) is 21. The van der Waals surface area contributed by atoms with Gasteiger partial charge in [-0.1, -0.05) is 48.5 Å². The summed E-state index contributed by atoms with van der Waals surface area (Å²) >= 11 is 0. The maximum absolute atomic E-state index is 14.5. The fraction of sp³-hybridized carbons (Fsp3) is 0.741. The Morgan fingerprint density at radius 3 is 1.02 bits per heavy atom. The van der Waals surface area contributed by atoms with E-state index in [1.807, 2.05) is 0 Å². The van der Waals surface area contributed by atoms with Crippen molar-refractivity contribution < 1.29 is 101 Å². The summed E-state index contributed by atoms with van der Waals surface area (Å²) < 4.78 is 0. The molecule has 9 atom stereocenters. The first-order chi connectivity index (χ1) is 55.2. The van der Waals surface area contributed by atoms with Crippen LogP contribution in [0.25, 0.3) is 0 Å². The van der Waals surface area contributed by atoms with Gasteiger partial charge >= 0.3 is 0 Å². The number of primary amides is 2. The third-order valence-corrected chi connectivity index (χ3v) is 20.4. The van der Waals surface area contributed by atoms with Crippen LogP contribution in [0.3, 0.4) is 0 Å². The first-order valence-corrected chi connectivity index (χ1v) is 40.9. The highest BCUT2D eigenvalue weighted by Gasteiger charge is 2.49. The molecule has 690 valence electrons. The van der Waals surface area contributed by atoms with E-state index in [-0.39, 0.29) is 62.8 Å². The molecule has 0 spiro atoms. The molecule has 0 aliphatic carbocycles. The molecule has 41 nitrogen and oxygen atoms in total. The molecule has 1 heterocycles. The molecule has 0 aromatic heterocycles. The van der Waals surface area contributed by atoms with Crippen LogP contribution in [-0.4, -0.2) is 240 Å². The monoisotopic (exact) mass is 1730 g/mol. The van der Waals surface area contributed by atoms with E-state index in [0.29, 0.717) is 12.7 Å². The van der Waals surface area contributed by atoms with Gasteiger partial charge in [0, 0.05) is 26.3 Å². The van der Waals surface area contributed by atoms with Crippen LogP contribution in [0.2, 0.25) is 0 Å². The van der Waals surface area contributed by atoms with E-state index >= 15 is 0 Å². The second-order valence-electron chi connectivity index (χ2n) is 37.6. The van der Waals surface area contributed by atoms with Crippen molar-refractivity contribution in [2.45, 2.75) is 362 Å². The minimum Gasteiger partial charge on any atom is -0.370 e. The second-order valence-corrected chi connectivity index (χ2v) is 37.6. The average molecular weight is 1730 g/mol. The van der Waals surface area contributed by atoms with Crippen molar-refractivity contribution in [1.82, 2.24) is 95.3 Å². The predicted octanol–water partition coefficient (Wildman–Crippen LogP) is -2.75. The SMILES string of the molecule is CCC(C)(NC(=O)C(C)(C)NC(=O)C(CC(C)C)NC(=O)C1CCCN1C(=O)C(C)(C)NC(=O)C(C)(C)NC(=O)C(C)NC(=O)C(C)(C)NC(=O)C(C)(C)NC(=O)C(C)(C)NC(=O)C(CCC(N)=O)NC(=O)C(C)(C)NC(=O)C(CC(C)C)NC(=O)C(C)(C)NC(=O)C(C)NC(=O)C(C)(C)NC(C)=O)C(=O)NC(CCC(N)=O)C(=O)NC(C=O)C(C)C. The zero-order chi connectivity index (χ0) is 95.3. The van der Waals surface area contributed by atoms with Gasteiger partial charge in [-0.2, -0.15) is 0 Å². The van der Waals surface area contributed by atoms with Crippen LogP contribution in [0.5, 0.6) is 0 Å². The Morgan fingerprint density at radius 1 is 0.361 bits per heavy atom. The smallest absolute Gasteiger partial charge is 0.248 e. The highest BCUT2D eigenvalue weighted by Crippen LogP contribution is 2.25. The molecule has 122 heavy (non-hydrogen) atoms. The van der Waals surface area contributed by atoms with Crippen molar-refractivity contribution in [1.29, 1.82) is 0 Å². The average Bonchev–Trinajstić information content (AvgIpc) is 1.68. The van der Waals surface area contributed by atoms with Crippen LogP contribution in [0.15, 0.2) is 0 Å². The number of carbonyl (C=O) groups is 21. The Morgan fingerprint density at radius 2 is 0.664 bits per heavy atom. The van der Waals surface area contributed by atoms with E-state index in [4.69, 9.17) is 11.5 Å². The van der Waals surface area contributed by atoms with Crippen molar-refractivity contribution >= 4 is 124 Å². The maximum Gasteiger partial charge on any atom is 0.248 e. The number of carbonyl (C=O) groups excluding carboxylic acids is 21. The van der Waals surface area contributed by atoms with Gasteiger partial charge in [-0.3, -0.25) is 95.9 Å². The molecule has 1 aliphatic heterocycles.